The summed E-state index contributed by atoms with van der Waals surface area (Å²) in [6, 6.07) is 14.7. The van der Waals surface area contributed by atoms with Gasteiger partial charge in [0.05, 0.1) is 30.7 Å². The SMILES string of the molecule is COc1ccc(-n2ncc3c2CC(C)(C)CC3NCc2ccc3nsnc3c2)cc1. The lowest BCUT2D eigenvalue weighted by Gasteiger charge is -2.36. The van der Waals surface area contributed by atoms with Gasteiger partial charge < -0.3 is 10.1 Å². The third-order valence-corrected chi connectivity index (χ3v) is 6.42. The Bertz CT molecular complexity index is 1180. The van der Waals surface area contributed by atoms with Gasteiger partial charge in [0, 0.05) is 23.8 Å². The van der Waals surface area contributed by atoms with Gasteiger partial charge in [-0.25, -0.2) is 4.68 Å². The number of nitrogens with one attached hydrogen (secondary N) is 1. The molecule has 154 valence electrons. The van der Waals surface area contributed by atoms with Crippen LogP contribution >= 0.6 is 11.7 Å². The van der Waals surface area contributed by atoms with E-state index in [2.05, 4.69) is 56.9 Å². The molecule has 6 nitrogen and oxygen atoms in total. The van der Waals surface area contributed by atoms with Crippen molar-refractivity contribution >= 4 is 22.8 Å². The number of hydrogen-bond acceptors (Lipinski definition) is 6. The molecule has 1 unspecified atom stereocenters. The van der Waals surface area contributed by atoms with Crippen molar-refractivity contribution in [1.29, 1.82) is 0 Å². The van der Waals surface area contributed by atoms with Crippen LogP contribution in [0.15, 0.2) is 48.7 Å². The monoisotopic (exact) mass is 419 g/mol. The molecule has 1 atom stereocenters. The first kappa shape index (κ1) is 19.2. The number of rotatable bonds is 5. The molecule has 0 saturated carbocycles. The highest BCUT2D eigenvalue weighted by Crippen LogP contribution is 2.41. The summed E-state index contributed by atoms with van der Waals surface area (Å²) in [7, 11) is 1.69. The molecule has 1 aliphatic carbocycles. The van der Waals surface area contributed by atoms with E-state index in [1.54, 1.807) is 7.11 Å². The average Bonchev–Trinajstić information content (AvgIpc) is 3.37. The molecule has 2 heterocycles. The predicted octanol–water partition coefficient (Wildman–Crippen LogP) is 4.69. The number of hydrogen-bond donors (Lipinski definition) is 1. The maximum atomic E-state index is 5.30. The molecule has 0 amide bonds. The highest BCUT2D eigenvalue weighted by molar-refractivity contribution is 7.00. The summed E-state index contributed by atoms with van der Waals surface area (Å²) in [6.45, 7) is 5.47. The van der Waals surface area contributed by atoms with Crippen LogP contribution < -0.4 is 10.1 Å². The summed E-state index contributed by atoms with van der Waals surface area (Å²) in [5.41, 5.74) is 6.99. The van der Waals surface area contributed by atoms with Gasteiger partial charge in [-0.3, -0.25) is 0 Å². The zero-order valence-corrected chi connectivity index (χ0v) is 18.2. The molecule has 0 radical (unpaired) electrons. The fourth-order valence-corrected chi connectivity index (χ4v) is 4.87. The molecule has 2 aromatic heterocycles. The second kappa shape index (κ2) is 7.49. The number of nitrogens with zero attached hydrogens (tertiary/aromatic N) is 4. The summed E-state index contributed by atoms with van der Waals surface area (Å²) in [6.07, 6.45) is 4.11. The maximum absolute atomic E-state index is 5.30. The number of benzene rings is 2. The van der Waals surface area contributed by atoms with Crippen LogP contribution in [0, 0.1) is 5.41 Å². The molecule has 0 aliphatic heterocycles. The Labute approximate surface area is 180 Å². The van der Waals surface area contributed by atoms with Crippen molar-refractivity contribution in [2.45, 2.75) is 39.3 Å². The largest absolute Gasteiger partial charge is 0.497 e. The van der Waals surface area contributed by atoms with Crippen molar-refractivity contribution in [2.24, 2.45) is 5.41 Å². The van der Waals surface area contributed by atoms with E-state index < -0.39 is 0 Å². The van der Waals surface area contributed by atoms with Crippen LogP contribution in [-0.2, 0) is 13.0 Å². The van der Waals surface area contributed by atoms with Crippen LogP contribution in [0.4, 0.5) is 0 Å². The first-order valence-corrected chi connectivity index (χ1v) is 10.9. The van der Waals surface area contributed by atoms with Crippen LogP contribution in [0.1, 0.15) is 43.1 Å². The van der Waals surface area contributed by atoms with Gasteiger partial charge in [0.1, 0.15) is 16.8 Å². The Morgan fingerprint density at radius 2 is 1.93 bits per heavy atom. The normalized spacial score (nSPS) is 17.8. The van der Waals surface area contributed by atoms with Gasteiger partial charge in [-0.05, 0) is 60.2 Å². The minimum atomic E-state index is 0.192. The van der Waals surface area contributed by atoms with Gasteiger partial charge in [-0.1, -0.05) is 19.9 Å². The molecule has 30 heavy (non-hydrogen) atoms. The van der Waals surface area contributed by atoms with Gasteiger partial charge in [0.15, 0.2) is 0 Å². The Morgan fingerprint density at radius 3 is 2.73 bits per heavy atom. The van der Waals surface area contributed by atoms with E-state index in [-0.39, 0.29) is 11.5 Å². The topological polar surface area (TPSA) is 64.9 Å². The van der Waals surface area contributed by atoms with E-state index in [4.69, 9.17) is 9.84 Å². The summed E-state index contributed by atoms with van der Waals surface area (Å²) < 4.78 is 16.0. The smallest absolute Gasteiger partial charge is 0.119 e. The summed E-state index contributed by atoms with van der Waals surface area (Å²) >= 11 is 1.26. The minimum absolute atomic E-state index is 0.192. The van der Waals surface area contributed by atoms with Gasteiger partial charge >= 0.3 is 0 Å². The summed E-state index contributed by atoms with van der Waals surface area (Å²) in [5, 5.41) is 8.52. The van der Waals surface area contributed by atoms with Crippen molar-refractivity contribution in [3.8, 4) is 11.4 Å². The van der Waals surface area contributed by atoms with E-state index in [1.165, 1.54) is 28.5 Å². The number of fused-ring (bicyclic) bond motifs is 2. The van der Waals surface area contributed by atoms with Crippen molar-refractivity contribution in [2.75, 3.05) is 7.11 Å². The quantitative estimate of drug-likeness (QED) is 0.508. The van der Waals surface area contributed by atoms with E-state index >= 15 is 0 Å². The number of ether oxygens (including phenoxy) is 1. The lowest BCUT2D eigenvalue weighted by molar-refractivity contribution is 0.253. The molecular weight excluding hydrogens is 394 g/mol. The van der Waals surface area contributed by atoms with E-state index in [0.29, 0.717) is 0 Å². The molecule has 0 saturated heterocycles. The van der Waals surface area contributed by atoms with Gasteiger partial charge in [-0.15, -0.1) is 0 Å². The Hall–Kier alpha value is -2.77. The highest BCUT2D eigenvalue weighted by Gasteiger charge is 2.35. The third-order valence-electron chi connectivity index (χ3n) is 5.87. The molecule has 4 aromatic rings. The van der Waals surface area contributed by atoms with E-state index in [9.17, 15) is 0 Å². The average molecular weight is 420 g/mol. The second-order valence-corrected chi connectivity index (χ2v) is 9.25. The lowest BCUT2D eigenvalue weighted by atomic mass is 9.74. The summed E-state index contributed by atoms with van der Waals surface area (Å²) in [4.78, 5) is 0. The molecule has 1 aliphatic rings. The Kier molecular flexibility index (Phi) is 4.79. The first-order chi connectivity index (χ1) is 14.5. The van der Waals surface area contributed by atoms with Crippen molar-refractivity contribution in [3.05, 3.63) is 65.5 Å². The van der Waals surface area contributed by atoms with Crippen molar-refractivity contribution in [3.63, 3.8) is 0 Å². The van der Waals surface area contributed by atoms with E-state index in [1.807, 2.05) is 24.4 Å². The standard InChI is InChI=1S/C23H25N5OS/c1-23(2)11-21(24-13-15-4-9-19-20(10-15)27-30-26-19)18-14-25-28(22(18)12-23)16-5-7-17(29-3)8-6-16/h4-10,14,21,24H,11-13H2,1-3H3. The van der Waals surface area contributed by atoms with Crippen LogP contribution in [0.3, 0.4) is 0 Å². The molecule has 0 spiro atoms. The molecule has 1 N–H and O–H groups in total. The lowest BCUT2D eigenvalue weighted by Crippen LogP contribution is -2.33. The third kappa shape index (κ3) is 3.59. The van der Waals surface area contributed by atoms with Crippen LogP contribution in [0.5, 0.6) is 5.75 Å². The second-order valence-electron chi connectivity index (χ2n) is 8.72. The van der Waals surface area contributed by atoms with Crippen LogP contribution in [0.2, 0.25) is 0 Å². The highest BCUT2D eigenvalue weighted by atomic mass is 32.1. The zero-order chi connectivity index (χ0) is 20.7. The number of methoxy groups -OCH3 is 1. The first-order valence-electron chi connectivity index (χ1n) is 10.2. The molecule has 5 rings (SSSR count). The fraction of sp³-hybridized carbons (Fsp3) is 0.348. The minimum Gasteiger partial charge on any atom is -0.497 e. The van der Waals surface area contributed by atoms with E-state index in [0.717, 1.165) is 41.9 Å². The maximum Gasteiger partial charge on any atom is 0.119 e. The Morgan fingerprint density at radius 1 is 1.13 bits per heavy atom. The summed E-state index contributed by atoms with van der Waals surface area (Å²) in [5.74, 6) is 0.854. The van der Waals surface area contributed by atoms with Crippen LogP contribution in [0.25, 0.3) is 16.7 Å². The van der Waals surface area contributed by atoms with Crippen LogP contribution in [-0.4, -0.2) is 25.6 Å². The number of aromatic nitrogens is 4. The zero-order valence-electron chi connectivity index (χ0n) is 17.4. The molecule has 7 heteroatoms. The van der Waals surface area contributed by atoms with Gasteiger partial charge in [0.2, 0.25) is 0 Å². The fourth-order valence-electron chi connectivity index (χ4n) is 4.35. The molecule has 0 fully saturated rings. The molecule has 0 bridgehead atoms. The predicted molar refractivity (Wildman–Crippen MR) is 119 cm³/mol. The van der Waals surface area contributed by atoms with Gasteiger partial charge in [-0.2, -0.15) is 13.8 Å². The molecule has 2 aromatic carbocycles. The van der Waals surface area contributed by atoms with Crippen molar-refractivity contribution in [1.82, 2.24) is 23.8 Å². The Balaban J connectivity index is 1.42. The van der Waals surface area contributed by atoms with Gasteiger partial charge in [0.25, 0.3) is 0 Å². The van der Waals surface area contributed by atoms with Crippen molar-refractivity contribution < 1.29 is 4.74 Å². The molecular formula is C23H25N5OS.